The van der Waals surface area contributed by atoms with Gasteiger partial charge in [-0.05, 0) is 48.0 Å². The molecule has 0 radical (unpaired) electrons. The third-order valence-corrected chi connectivity index (χ3v) is 6.66. The Morgan fingerprint density at radius 3 is 2.19 bits per heavy atom. The average Bonchev–Trinajstić information content (AvgIpc) is 2.97. The first-order valence-electron chi connectivity index (χ1n) is 12.8. The fraction of sp³-hybridized carbons (Fsp3) is 0.200. The molecule has 0 unspecified atom stereocenters. The van der Waals surface area contributed by atoms with Gasteiger partial charge in [0.05, 0.1) is 6.61 Å². The Balaban J connectivity index is 1.55. The molecule has 7 N–H and O–H groups in total. The van der Waals surface area contributed by atoms with Gasteiger partial charge in [0.2, 0.25) is 17.5 Å². The van der Waals surface area contributed by atoms with Crippen molar-refractivity contribution in [1.82, 2.24) is 0 Å². The van der Waals surface area contributed by atoms with E-state index in [-0.39, 0.29) is 33.8 Å². The number of phenolic OH excluding ortho intramolecular Hbond substituents is 4. The van der Waals surface area contributed by atoms with Crippen LogP contribution in [-0.2, 0) is 14.3 Å². The zero-order chi connectivity index (χ0) is 30.8. The molecule has 0 amide bonds. The minimum atomic E-state index is -1.85. The Bertz CT molecular complexity index is 1710. The SMILES string of the molecule is O=C(C=Cc1ccc(O)cc1)O[C@H]1[C@H](Oc2c(-c3ccc(O)cc3)oc3cc(O)cc(O)c3c2=O)O[C@H](CO)[C@@H](O)[C@@H]1O. The minimum Gasteiger partial charge on any atom is -0.508 e. The molecule has 224 valence electrons. The molecule has 4 aromatic rings. The van der Waals surface area contributed by atoms with Crippen molar-refractivity contribution in [1.29, 1.82) is 0 Å². The average molecular weight is 595 g/mol. The fourth-order valence-corrected chi connectivity index (χ4v) is 4.49. The number of carbonyl (C=O) groups is 1. The molecule has 13 heteroatoms. The first-order valence-corrected chi connectivity index (χ1v) is 12.8. The van der Waals surface area contributed by atoms with Gasteiger partial charge < -0.3 is 54.4 Å². The zero-order valence-corrected chi connectivity index (χ0v) is 22.1. The number of aromatic hydroxyl groups is 4. The third kappa shape index (κ3) is 6.10. The van der Waals surface area contributed by atoms with E-state index in [4.69, 9.17) is 18.6 Å². The fourth-order valence-electron chi connectivity index (χ4n) is 4.49. The van der Waals surface area contributed by atoms with Crippen LogP contribution in [0.5, 0.6) is 28.7 Å². The molecule has 43 heavy (non-hydrogen) atoms. The number of ether oxygens (including phenoxy) is 3. The largest absolute Gasteiger partial charge is 0.508 e. The summed E-state index contributed by atoms with van der Waals surface area (Å²) in [6.45, 7) is -0.781. The lowest BCUT2D eigenvalue weighted by Gasteiger charge is -2.41. The molecule has 5 atom stereocenters. The van der Waals surface area contributed by atoms with E-state index in [9.17, 15) is 45.3 Å². The molecule has 3 aromatic carbocycles. The number of fused-ring (bicyclic) bond motifs is 1. The second-order valence-electron chi connectivity index (χ2n) is 9.63. The van der Waals surface area contributed by atoms with Crippen molar-refractivity contribution < 1.29 is 59.2 Å². The van der Waals surface area contributed by atoms with Crippen LogP contribution < -0.4 is 10.2 Å². The molecule has 1 saturated heterocycles. The normalized spacial score (nSPS) is 22.1. The standard InChI is InChI=1S/C30H26O13/c31-13-21-24(37)26(39)29(42-22(36)10-3-14-1-6-16(32)7-2-14)30(41-21)43-28-25(38)23-19(35)11-18(34)12-20(23)40-27(28)15-4-8-17(33)9-5-15/h1-12,21,24,26,29-35,37,39H,13H2/t21-,24-,26+,29-,30+/m1/s1. The molecule has 1 aromatic heterocycles. The highest BCUT2D eigenvalue weighted by atomic mass is 16.7. The van der Waals surface area contributed by atoms with Crippen molar-refractivity contribution in [3.8, 4) is 40.1 Å². The summed E-state index contributed by atoms with van der Waals surface area (Å²) < 4.78 is 22.7. The zero-order valence-electron chi connectivity index (χ0n) is 22.1. The van der Waals surface area contributed by atoms with Gasteiger partial charge in [0.25, 0.3) is 0 Å². The van der Waals surface area contributed by atoms with Crippen molar-refractivity contribution in [2.75, 3.05) is 6.61 Å². The Labute approximate surface area is 242 Å². The van der Waals surface area contributed by atoms with Gasteiger partial charge in [0.1, 0.15) is 52.3 Å². The molecule has 0 bridgehead atoms. The minimum absolute atomic E-state index is 0.0181. The smallest absolute Gasteiger partial charge is 0.331 e. The van der Waals surface area contributed by atoms with Gasteiger partial charge in [-0.15, -0.1) is 0 Å². The number of benzene rings is 3. The Kier molecular flexibility index (Phi) is 8.23. The summed E-state index contributed by atoms with van der Waals surface area (Å²) in [7, 11) is 0. The summed E-state index contributed by atoms with van der Waals surface area (Å²) in [5.41, 5.74) is -0.422. The summed E-state index contributed by atoms with van der Waals surface area (Å²) in [5, 5.41) is 70.2. The van der Waals surface area contributed by atoms with Gasteiger partial charge in [-0.3, -0.25) is 4.79 Å². The molecular formula is C30H26O13. The van der Waals surface area contributed by atoms with Crippen LogP contribution >= 0.6 is 0 Å². The van der Waals surface area contributed by atoms with Gasteiger partial charge in [0.15, 0.2) is 11.9 Å². The summed E-state index contributed by atoms with van der Waals surface area (Å²) >= 11 is 0. The predicted molar refractivity (Wildman–Crippen MR) is 148 cm³/mol. The second-order valence-corrected chi connectivity index (χ2v) is 9.63. The summed E-state index contributed by atoms with van der Waals surface area (Å²) in [5.74, 6) is -2.94. The van der Waals surface area contributed by atoms with E-state index in [1.807, 2.05) is 0 Å². The number of esters is 1. The van der Waals surface area contributed by atoms with Crippen molar-refractivity contribution in [2.45, 2.75) is 30.7 Å². The van der Waals surface area contributed by atoms with Crippen molar-refractivity contribution in [2.24, 2.45) is 0 Å². The van der Waals surface area contributed by atoms with E-state index in [2.05, 4.69) is 0 Å². The predicted octanol–water partition coefficient (Wildman–Crippen LogP) is 1.73. The first-order chi connectivity index (χ1) is 20.5. The third-order valence-electron chi connectivity index (χ3n) is 6.66. The number of phenols is 4. The maximum Gasteiger partial charge on any atom is 0.331 e. The van der Waals surface area contributed by atoms with Gasteiger partial charge in [-0.2, -0.15) is 0 Å². The summed E-state index contributed by atoms with van der Waals surface area (Å²) in [6, 6.07) is 13.2. The van der Waals surface area contributed by atoms with Crippen LogP contribution in [0.15, 0.2) is 76.0 Å². The van der Waals surface area contributed by atoms with Crippen LogP contribution in [-0.4, -0.2) is 79.0 Å². The van der Waals surface area contributed by atoms with E-state index in [1.54, 1.807) is 0 Å². The summed E-state index contributed by atoms with van der Waals surface area (Å²) in [4.78, 5) is 26.4. The van der Waals surface area contributed by atoms with Crippen LogP contribution in [0.3, 0.4) is 0 Å². The number of aliphatic hydroxyl groups excluding tert-OH is 3. The molecule has 1 fully saturated rings. The van der Waals surface area contributed by atoms with Gasteiger partial charge in [0, 0.05) is 23.8 Å². The van der Waals surface area contributed by atoms with Crippen LogP contribution in [0.1, 0.15) is 5.56 Å². The lowest BCUT2D eigenvalue weighted by Crippen LogP contribution is -2.61. The highest BCUT2D eigenvalue weighted by Gasteiger charge is 2.48. The van der Waals surface area contributed by atoms with E-state index >= 15 is 0 Å². The highest BCUT2D eigenvalue weighted by molar-refractivity contribution is 5.88. The van der Waals surface area contributed by atoms with E-state index in [0.29, 0.717) is 5.56 Å². The van der Waals surface area contributed by atoms with Crippen LogP contribution in [0.2, 0.25) is 0 Å². The quantitative estimate of drug-likeness (QED) is 0.120. The molecule has 1 aliphatic rings. The van der Waals surface area contributed by atoms with Crippen molar-refractivity contribution >= 4 is 23.0 Å². The number of rotatable bonds is 7. The monoisotopic (exact) mass is 594 g/mol. The topological polar surface area (TPSA) is 217 Å². The Hall–Kier alpha value is -5.08. The van der Waals surface area contributed by atoms with Gasteiger partial charge in [-0.1, -0.05) is 12.1 Å². The van der Waals surface area contributed by atoms with Crippen molar-refractivity contribution in [3.05, 3.63) is 82.5 Å². The van der Waals surface area contributed by atoms with Gasteiger partial charge in [-0.25, -0.2) is 4.79 Å². The summed E-state index contributed by atoms with van der Waals surface area (Å²) in [6.07, 6.45) is -6.16. The van der Waals surface area contributed by atoms with Crippen LogP contribution in [0, 0.1) is 0 Å². The maximum absolute atomic E-state index is 13.7. The Morgan fingerprint density at radius 1 is 0.884 bits per heavy atom. The molecule has 5 rings (SSSR count). The Morgan fingerprint density at radius 2 is 1.53 bits per heavy atom. The van der Waals surface area contributed by atoms with E-state index in [1.165, 1.54) is 54.6 Å². The van der Waals surface area contributed by atoms with Crippen LogP contribution in [0.4, 0.5) is 0 Å². The molecule has 13 nitrogen and oxygen atoms in total. The molecule has 0 spiro atoms. The van der Waals surface area contributed by atoms with E-state index < -0.39 is 66.0 Å². The second kappa shape index (κ2) is 12.0. The first kappa shape index (κ1) is 29.4. The highest BCUT2D eigenvalue weighted by Crippen LogP contribution is 2.37. The maximum atomic E-state index is 13.7. The number of aliphatic hydroxyl groups is 3. The lowest BCUT2D eigenvalue weighted by atomic mass is 9.99. The van der Waals surface area contributed by atoms with Crippen molar-refractivity contribution in [3.63, 3.8) is 0 Å². The molecule has 2 heterocycles. The molecular weight excluding hydrogens is 568 g/mol. The van der Waals surface area contributed by atoms with Gasteiger partial charge >= 0.3 is 5.97 Å². The molecule has 0 saturated carbocycles. The van der Waals surface area contributed by atoms with E-state index in [0.717, 1.165) is 18.2 Å². The molecule has 0 aliphatic carbocycles. The lowest BCUT2D eigenvalue weighted by molar-refractivity contribution is -0.281. The van der Waals surface area contributed by atoms with Crippen LogP contribution in [0.25, 0.3) is 28.4 Å². The number of hydrogen-bond acceptors (Lipinski definition) is 13. The molecule has 1 aliphatic heterocycles. The number of carbonyl (C=O) groups excluding carboxylic acids is 1. The number of hydrogen-bond donors (Lipinski definition) is 7.